The molecule has 12 nitrogen and oxygen atoms in total. The summed E-state index contributed by atoms with van der Waals surface area (Å²) in [5, 5.41) is 0. The average molecular weight is 550 g/mol. The first-order valence-electron chi connectivity index (χ1n) is 10.7. The predicted octanol–water partition coefficient (Wildman–Crippen LogP) is 0.525. The largest absolute Gasteiger partial charge is 0.481 e. The van der Waals surface area contributed by atoms with Crippen LogP contribution < -0.4 is 8.45 Å². The number of rotatable bonds is 10. The Kier molecular flexibility index (Phi) is 8.76. The second kappa shape index (κ2) is 11.4. The van der Waals surface area contributed by atoms with Crippen LogP contribution >= 0.6 is 0 Å². The van der Waals surface area contributed by atoms with Crippen LogP contribution in [0.4, 0.5) is 14.6 Å². The van der Waals surface area contributed by atoms with Crippen LogP contribution in [0.5, 0.6) is 5.88 Å². The zero-order valence-electron chi connectivity index (χ0n) is 19.5. The summed E-state index contributed by atoms with van der Waals surface area (Å²) < 4.78 is 92.8. The van der Waals surface area contributed by atoms with Crippen LogP contribution in [0, 0.1) is 11.6 Å². The third-order valence-electron chi connectivity index (χ3n) is 5.17. The summed E-state index contributed by atoms with van der Waals surface area (Å²) in [7, 11) is -8.43. The number of halogens is 2. The quantitative estimate of drug-likeness (QED) is 0.386. The van der Waals surface area contributed by atoms with Gasteiger partial charge in [-0.25, -0.2) is 27.2 Å². The van der Waals surface area contributed by atoms with Gasteiger partial charge in [-0.3, -0.25) is 9.69 Å². The topological polar surface area (TPSA) is 139 Å². The molecule has 0 bridgehead atoms. The summed E-state index contributed by atoms with van der Waals surface area (Å²) in [4.78, 5) is 20.9. The highest BCUT2D eigenvalue weighted by Gasteiger charge is 2.41. The Hall–Kier alpha value is -2.95. The minimum atomic E-state index is -4.88. The molecular formula is C20H25F2N5O7S2. The summed E-state index contributed by atoms with van der Waals surface area (Å²) in [6, 6.07) is 3.95. The van der Waals surface area contributed by atoms with Gasteiger partial charge in [-0.1, -0.05) is 12.1 Å². The number of hydrogen-bond acceptors (Lipinski definition) is 10. The van der Waals surface area contributed by atoms with Gasteiger partial charge in [0.05, 0.1) is 26.0 Å². The van der Waals surface area contributed by atoms with E-state index in [-0.39, 0.29) is 48.9 Å². The fourth-order valence-corrected chi connectivity index (χ4v) is 7.35. The van der Waals surface area contributed by atoms with Gasteiger partial charge >= 0.3 is 16.2 Å². The highest BCUT2D eigenvalue weighted by molar-refractivity contribution is 8.08. The summed E-state index contributed by atoms with van der Waals surface area (Å²) in [5.74, 6) is -5.00. The molecule has 0 atom stereocenters. The molecule has 1 saturated heterocycles. The third-order valence-corrected chi connectivity index (χ3v) is 9.41. The average Bonchev–Trinajstić information content (AvgIpc) is 2.82. The summed E-state index contributed by atoms with van der Waals surface area (Å²) >= 11 is 0. The molecule has 0 N–H and O–H groups in total. The third kappa shape index (κ3) is 6.24. The monoisotopic (exact) mass is 549 g/mol. The molecule has 0 saturated carbocycles. The van der Waals surface area contributed by atoms with E-state index >= 15 is 0 Å². The Bertz CT molecular complexity index is 1300. The number of carbonyl (C=O) groups excluding carboxylic acids is 1. The number of esters is 1. The lowest BCUT2D eigenvalue weighted by molar-refractivity contribution is -0.144. The lowest BCUT2D eigenvalue weighted by Crippen LogP contribution is -2.55. The van der Waals surface area contributed by atoms with Crippen LogP contribution in [-0.2, 0) is 35.5 Å². The second-order valence-electron chi connectivity index (χ2n) is 7.57. The molecule has 1 aliphatic rings. The maximum atomic E-state index is 14.3. The van der Waals surface area contributed by atoms with E-state index in [2.05, 4.69) is 9.97 Å². The van der Waals surface area contributed by atoms with Crippen molar-refractivity contribution in [1.29, 1.82) is 0 Å². The van der Waals surface area contributed by atoms with Gasteiger partial charge in [0.2, 0.25) is 5.88 Å². The molecule has 1 aromatic heterocycles. The Morgan fingerprint density at radius 2 is 1.81 bits per heavy atom. The standard InChI is InChI=1S/C20H25F2N5O7S2/c1-3-34-19(28)12-25-7-9-26(10-8-25)36(31,32)27(17-11-18(33-2)24-14-23-17)35(29,30)13-15-5-4-6-16(21)20(15)22/h4-6,11,14H,3,7-10,12-13H2,1-2H3. The molecule has 1 aromatic carbocycles. The molecule has 0 unspecified atom stereocenters. The number of ether oxygens (including phenoxy) is 2. The Morgan fingerprint density at radius 1 is 1.11 bits per heavy atom. The van der Waals surface area contributed by atoms with E-state index < -0.39 is 55.0 Å². The molecule has 1 aliphatic heterocycles. The predicted molar refractivity (Wildman–Crippen MR) is 124 cm³/mol. The second-order valence-corrected chi connectivity index (χ2v) is 11.4. The van der Waals surface area contributed by atoms with Crippen LogP contribution in [0.15, 0.2) is 30.6 Å². The normalized spacial score (nSPS) is 15.4. The number of methoxy groups -OCH3 is 1. The Labute approximate surface area is 207 Å². The maximum Gasteiger partial charge on any atom is 0.320 e. The van der Waals surface area contributed by atoms with Crippen molar-refractivity contribution in [3.63, 3.8) is 0 Å². The van der Waals surface area contributed by atoms with Crippen molar-refractivity contribution in [2.75, 3.05) is 50.2 Å². The van der Waals surface area contributed by atoms with Gasteiger partial charge < -0.3 is 9.47 Å². The van der Waals surface area contributed by atoms with Gasteiger partial charge in [0.25, 0.3) is 10.0 Å². The molecule has 36 heavy (non-hydrogen) atoms. The molecule has 2 heterocycles. The molecule has 3 rings (SSSR count). The number of piperazine rings is 1. The molecule has 198 valence electrons. The first-order valence-corrected chi connectivity index (χ1v) is 13.7. The zero-order chi connectivity index (χ0) is 26.5. The van der Waals surface area contributed by atoms with Crippen molar-refractivity contribution < 1.29 is 39.9 Å². The van der Waals surface area contributed by atoms with Crippen molar-refractivity contribution in [3.8, 4) is 5.88 Å². The van der Waals surface area contributed by atoms with Gasteiger partial charge in [0.15, 0.2) is 17.5 Å². The van der Waals surface area contributed by atoms with Crippen LogP contribution in [0.3, 0.4) is 0 Å². The van der Waals surface area contributed by atoms with E-state index in [1.807, 2.05) is 0 Å². The fraction of sp³-hybridized carbons (Fsp3) is 0.450. The molecule has 0 radical (unpaired) electrons. The van der Waals surface area contributed by atoms with Crippen LogP contribution in [0.1, 0.15) is 12.5 Å². The van der Waals surface area contributed by atoms with Crippen molar-refractivity contribution in [1.82, 2.24) is 19.2 Å². The van der Waals surface area contributed by atoms with Gasteiger partial charge in [-0.2, -0.15) is 12.7 Å². The lowest BCUT2D eigenvalue weighted by Gasteiger charge is -2.36. The highest BCUT2D eigenvalue weighted by Crippen LogP contribution is 2.28. The highest BCUT2D eigenvalue weighted by atomic mass is 32.3. The lowest BCUT2D eigenvalue weighted by atomic mass is 10.2. The number of aromatic nitrogens is 2. The van der Waals surface area contributed by atoms with Crippen molar-refractivity contribution in [2.45, 2.75) is 12.7 Å². The number of carbonyl (C=O) groups is 1. The minimum Gasteiger partial charge on any atom is -0.481 e. The summed E-state index contributed by atoms with van der Waals surface area (Å²) in [6.45, 7) is 1.76. The molecule has 2 aromatic rings. The van der Waals surface area contributed by atoms with Crippen LogP contribution in [0.2, 0.25) is 0 Å². The van der Waals surface area contributed by atoms with Crippen molar-refractivity contribution >= 4 is 32.0 Å². The Morgan fingerprint density at radius 3 is 2.44 bits per heavy atom. The smallest absolute Gasteiger partial charge is 0.320 e. The van der Waals surface area contributed by atoms with Crippen LogP contribution in [-0.4, -0.2) is 88.4 Å². The molecule has 0 amide bonds. The van der Waals surface area contributed by atoms with Gasteiger partial charge in [-0.15, -0.1) is 3.71 Å². The van der Waals surface area contributed by atoms with E-state index in [9.17, 15) is 30.4 Å². The van der Waals surface area contributed by atoms with E-state index in [1.54, 1.807) is 11.8 Å². The maximum absolute atomic E-state index is 14.3. The fourth-order valence-electron chi connectivity index (χ4n) is 3.47. The number of hydrogen-bond donors (Lipinski definition) is 0. The van der Waals surface area contributed by atoms with Gasteiger partial charge in [0, 0.05) is 37.8 Å². The Balaban J connectivity index is 1.95. The van der Waals surface area contributed by atoms with E-state index in [0.717, 1.165) is 34.9 Å². The van der Waals surface area contributed by atoms with E-state index in [1.165, 1.54) is 7.11 Å². The van der Waals surface area contributed by atoms with Crippen molar-refractivity contribution in [3.05, 3.63) is 47.8 Å². The number of benzene rings is 1. The number of anilines is 1. The van der Waals surface area contributed by atoms with Crippen molar-refractivity contribution in [2.24, 2.45) is 0 Å². The first kappa shape index (κ1) is 27.6. The summed E-state index contributed by atoms with van der Waals surface area (Å²) in [5.41, 5.74) is -0.560. The molecule has 0 spiro atoms. The number of nitrogens with zero attached hydrogens (tertiary/aromatic N) is 5. The molecule has 1 fully saturated rings. The summed E-state index contributed by atoms with van der Waals surface area (Å²) in [6.07, 6.45) is 0.909. The van der Waals surface area contributed by atoms with E-state index in [0.29, 0.717) is 0 Å². The first-order chi connectivity index (χ1) is 17.0. The molecular weight excluding hydrogens is 524 g/mol. The number of sulfonamides is 1. The van der Waals surface area contributed by atoms with Gasteiger partial charge in [-0.05, 0) is 13.0 Å². The SMILES string of the molecule is CCOC(=O)CN1CCN(S(=O)(=O)N(c2cc(OC)ncn2)S(=O)(=O)Cc2cccc(F)c2F)CC1. The van der Waals surface area contributed by atoms with Crippen LogP contribution in [0.25, 0.3) is 0 Å². The van der Waals surface area contributed by atoms with E-state index in [4.69, 9.17) is 9.47 Å². The molecule has 0 aliphatic carbocycles. The zero-order valence-corrected chi connectivity index (χ0v) is 21.1. The molecule has 16 heteroatoms. The van der Waals surface area contributed by atoms with Gasteiger partial charge in [0.1, 0.15) is 6.33 Å². The minimum absolute atomic E-state index is 0.0499.